The van der Waals surface area contributed by atoms with E-state index in [0.29, 0.717) is 0 Å². The van der Waals surface area contributed by atoms with Gasteiger partial charge in [-0.2, -0.15) is 0 Å². The van der Waals surface area contributed by atoms with E-state index < -0.39 is 11.8 Å². The van der Waals surface area contributed by atoms with Crippen LogP contribution in [-0.2, 0) is 0 Å². The van der Waals surface area contributed by atoms with E-state index in [1.807, 2.05) is 0 Å². The number of aromatic nitrogens is 1. The van der Waals surface area contributed by atoms with Crippen molar-refractivity contribution in [1.29, 1.82) is 0 Å². The van der Waals surface area contributed by atoms with Gasteiger partial charge in [-0.15, -0.1) is 0 Å². The Balaban J connectivity index is 2.63. The van der Waals surface area contributed by atoms with Crippen LogP contribution in [0.3, 0.4) is 0 Å². The van der Waals surface area contributed by atoms with Crippen LogP contribution in [0.15, 0.2) is 35.1 Å². The van der Waals surface area contributed by atoms with Crippen molar-refractivity contribution < 1.29 is 18.7 Å². The molecule has 2 rings (SSSR count). The maximum atomic E-state index is 12.9. The van der Waals surface area contributed by atoms with Crippen molar-refractivity contribution in [3.05, 3.63) is 42.0 Å². The Hall–Kier alpha value is -2.17. The summed E-state index contributed by atoms with van der Waals surface area (Å²) < 4.78 is 17.9. The molecule has 0 bridgehead atoms. The van der Waals surface area contributed by atoms with Gasteiger partial charge in [-0.1, -0.05) is 0 Å². The molecule has 0 saturated carbocycles. The highest BCUT2D eigenvalue weighted by atomic mass is 19.1. The third-order valence-electron chi connectivity index (χ3n) is 1.87. The second-order valence-corrected chi connectivity index (χ2v) is 2.83. The van der Waals surface area contributed by atoms with Crippen molar-refractivity contribution >= 4 is 5.97 Å². The number of hydrogen-bond donors (Lipinski definition) is 1. The molecular weight excluding hydrogens is 201 g/mol. The van der Waals surface area contributed by atoms with Crippen LogP contribution in [0, 0.1) is 5.82 Å². The van der Waals surface area contributed by atoms with Crippen LogP contribution in [0.2, 0.25) is 0 Å². The number of carbonyl (C=O) groups is 1. The molecule has 0 spiro atoms. The van der Waals surface area contributed by atoms with Crippen LogP contribution in [0.5, 0.6) is 0 Å². The lowest BCUT2D eigenvalue weighted by Gasteiger charge is -2.01. The summed E-state index contributed by atoms with van der Waals surface area (Å²) in [6.07, 6.45) is 2.66. The number of hydrogen-bond acceptors (Lipinski definition) is 3. The maximum absolute atomic E-state index is 12.9. The standard InChI is InChI=1S/C10H6FNO3/c11-6-1-2-7(10(13)14)8(5-6)9-12-3-4-15-9/h1-5H,(H,13,14). The highest BCUT2D eigenvalue weighted by Crippen LogP contribution is 2.23. The number of nitrogens with zero attached hydrogens (tertiary/aromatic N) is 1. The Bertz CT molecular complexity index is 493. The number of aromatic carboxylic acids is 1. The zero-order valence-corrected chi connectivity index (χ0v) is 7.48. The fraction of sp³-hybridized carbons (Fsp3) is 0. The van der Waals surface area contributed by atoms with Gasteiger partial charge in [0.25, 0.3) is 0 Å². The number of benzene rings is 1. The molecule has 0 radical (unpaired) electrons. The molecule has 2 aromatic rings. The molecule has 1 N–H and O–H groups in total. The largest absolute Gasteiger partial charge is 0.478 e. The topological polar surface area (TPSA) is 63.3 Å². The summed E-state index contributed by atoms with van der Waals surface area (Å²) in [5.74, 6) is -1.59. The summed E-state index contributed by atoms with van der Waals surface area (Å²) >= 11 is 0. The predicted molar refractivity (Wildman–Crippen MR) is 48.9 cm³/mol. The SMILES string of the molecule is O=C(O)c1ccc(F)cc1-c1ncco1. The molecule has 0 aliphatic heterocycles. The van der Waals surface area contributed by atoms with E-state index in [2.05, 4.69) is 4.98 Å². The minimum absolute atomic E-state index is 0.0427. The van der Waals surface area contributed by atoms with Gasteiger partial charge in [-0.05, 0) is 18.2 Å². The molecule has 1 aromatic heterocycles. The summed E-state index contributed by atoms with van der Waals surface area (Å²) in [4.78, 5) is 14.6. The average Bonchev–Trinajstić information content (AvgIpc) is 2.69. The van der Waals surface area contributed by atoms with Gasteiger partial charge in [-0.3, -0.25) is 0 Å². The molecule has 0 unspecified atom stereocenters. The van der Waals surface area contributed by atoms with E-state index in [-0.39, 0.29) is 17.0 Å². The lowest BCUT2D eigenvalue weighted by Crippen LogP contribution is -2.00. The molecule has 0 fully saturated rings. The first kappa shape index (κ1) is 9.39. The van der Waals surface area contributed by atoms with Gasteiger partial charge in [0, 0.05) is 0 Å². The molecule has 0 saturated heterocycles. The molecule has 0 aliphatic rings. The van der Waals surface area contributed by atoms with Crippen LogP contribution in [0.25, 0.3) is 11.5 Å². The van der Waals surface area contributed by atoms with Crippen LogP contribution < -0.4 is 0 Å². The number of oxazole rings is 1. The predicted octanol–water partition coefficient (Wildman–Crippen LogP) is 2.18. The van der Waals surface area contributed by atoms with Crippen molar-refractivity contribution in [2.45, 2.75) is 0 Å². The number of halogens is 1. The first-order valence-electron chi connectivity index (χ1n) is 4.11. The fourth-order valence-electron chi connectivity index (χ4n) is 1.24. The average molecular weight is 207 g/mol. The molecule has 4 nitrogen and oxygen atoms in total. The Morgan fingerprint density at radius 3 is 2.87 bits per heavy atom. The van der Waals surface area contributed by atoms with E-state index >= 15 is 0 Å². The lowest BCUT2D eigenvalue weighted by molar-refractivity contribution is 0.0697. The van der Waals surface area contributed by atoms with Crippen molar-refractivity contribution in [3.63, 3.8) is 0 Å². The Morgan fingerprint density at radius 1 is 1.47 bits per heavy atom. The zero-order valence-electron chi connectivity index (χ0n) is 7.48. The molecule has 5 heteroatoms. The summed E-state index contributed by atoms with van der Waals surface area (Å²) in [5.41, 5.74) is 0.0892. The molecule has 0 aliphatic carbocycles. The van der Waals surface area contributed by atoms with Gasteiger partial charge >= 0.3 is 5.97 Å². The number of carboxylic acids is 1. The fourth-order valence-corrected chi connectivity index (χ4v) is 1.24. The monoisotopic (exact) mass is 207 g/mol. The van der Waals surface area contributed by atoms with E-state index in [9.17, 15) is 9.18 Å². The minimum Gasteiger partial charge on any atom is -0.478 e. The first-order chi connectivity index (χ1) is 7.18. The molecule has 0 amide bonds. The quantitative estimate of drug-likeness (QED) is 0.819. The van der Waals surface area contributed by atoms with Gasteiger partial charge in [0.2, 0.25) is 5.89 Å². The number of carboxylic acid groups (broad SMARTS) is 1. The summed E-state index contributed by atoms with van der Waals surface area (Å²) in [5, 5.41) is 8.86. The molecule has 1 heterocycles. The van der Waals surface area contributed by atoms with Crippen molar-refractivity contribution in [3.8, 4) is 11.5 Å². The Kier molecular flexibility index (Phi) is 2.21. The van der Waals surface area contributed by atoms with E-state index in [0.717, 1.165) is 12.1 Å². The van der Waals surface area contributed by atoms with E-state index in [4.69, 9.17) is 9.52 Å². The summed E-state index contributed by atoms with van der Waals surface area (Å²) in [7, 11) is 0. The van der Waals surface area contributed by atoms with Gasteiger partial charge < -0.3 is 9.52 Å². The maximum Gasteiger partial charge on any atom is 0.336 e. The lowest BCUT2D eigenvalue weighted by atomic mass is 10.1. The third kappa shape index (κ3) is 1.71. The Morgan fingerprint density at radius 2 is 2.27 bits per heavy atom. The molecule has 1 aromatic carbocycles. The molecule has 0 atom stereocenters. The Labute approximate surface area is 84.0 Å². The second kappa shape index (κ2) is 3.53. The smallest absolute Gasteiger partial charge is 0.336 e. The minimum atomic E-state index is -1.15. The highest BCUT2D eigenvalue weighted by molar-refractivity contribution is 5.94. The van der Waals surface area contributed by atoms with E-state index in [1.165, 1.54) is 18.5 Å². The third-order valence-corrected chi connectivity index (χ3v) is 1.87. The molecular formula is C10H6FNO3. The van der Waals surface area contributed by atoms with Crippen LogP contribution in [-0.4, -0.2) is 16.1 Å². The second-order valence-electron chi connectivity index (χ2n) is 2.83. The van der Waals surface area contributed by atoms with Crippen molar-refractivity contribution in [2.24, 2.45) is 0 Å². The van der Waals surface area contributed by atoms with Crippen LogP contribution in [0.4, 0.5) is 4.39 Å². The van der Waals surface area contributed by atoms with Gasteiger partial charge in [0.1, 0.15) is 12.1 Å². The molecule has 15 heavy (non-hydrogen) atoms. The summed E-state index contributed by atoms with van der Waals surface area (Å²) in [6, 6.07) is 3.34. The van der Waals surface area contributed by atoms with Gasteiger partial charge in [0.05, 0.1) is 17.3 Å². The highest BCUT2D eigenvalue weighted by Gasteiger charge is 2.15. The molecule has 76 valence electrons. The van der Waals surface area contributed by atoms with Crippen molar-refractivity contribution in [1.82, 2.24) is 4.98 Å². The first-order valence-corrected chi connectivity index (χ1v) is 4.11. The van der Waals surface area contributed by atoms with Gasteiger partial charge in [0.15, 0.2) is 0 Å². The normalized spacial score (nSPS) is 10.2. The summed E-state index contributed by atoms with van der Waals surface area (Å²) in [6.45, 7) is 0. The number of rotatable bonds is 2. The van der Waals surface area contributed by atoms with Crippen LogP contribution in [0.1, 0.15) is 10.4 Å². The van der Waals surface area contributed by atoms with Crippen LogP contribution >= 0.6 is 0 Å². The van der Waals surface area contributed by atoms with Crippen molar-refractivity contribution in [2.75, 3.05) is 0 Å². The zero-order chi connectivity index (χ0) is 10.8. The van der Waals surface area contributed by atoms with E-state index in [1.54, 1.807) is 0 Å². The van der Waals surface area contributed by atoms with Gasteiger partial charge in [-0.25, -0.2) is 14.2 Å².